The van der Waals surface area contributed by atoms with E-state index in [1.54, 1.807) is 48.5 Å². The van der Waals surface area contributed by atoms with Crippen LogP contribution in [0, 0.1) is 13.8 Å². The van der Waals surface area contributed by atoms with Gasteiger partial charge in [0.15, 0.2) is 6.10 Å². The van der Waals surface area contributed by atoms with Gasteiger partial charge in [-0.1, -0.05) is 72.8 Å². The van der Waals surface area contributed by atoms with Crippen LogP contribution in [0.5, 0.6) is 0 Å². The minimum atomic E-state index is -1.06. The number of nitrogens with one attached hydrogen (secondary N) is 1. The van der Waals surface area contributed by atoms with Crippen LogP contribution in [0.3, 0.4) is 0 Å². The molecule has 3 aromatic carbocycles. The van der Waals surface area contributed by atoms with Crippen molar-refractivity contribution in [2.45, 2.75) is 32.8 Å². The number of carbonyl (C=O) groups excluding carboxylic acids is 3. The second-order valence-electron chi connectivity index (χ2n) is 7.38. The van der Waals surface area contributed by atoms with Crippen LogP contribution in [0.15, 0.2) is 78.9 Å². The summed E-state index contributed by atoms with van der Waals surface area (Å²) in [4.78, 5) is 37.8. The second kappa shape index (κ2) is 10.3. The van der Waals surface area contributed by atoms with E-state index in [0.717, 1.165) is 16.8 Å². The van der Waals surface area contributed by atoms with Gasteiger partial charge in [0, 0.05) is 23.2 Å². The number of benzene rings is 3. The number of aryl methyl sites for hydroxylation is 2. The molecule has 0 bridgehead atoms. The fraction of sp³-hybridized carbons (Fsp3) is 0.192. The van der Waals surface area contributed by atoms with Crippen molar-refractivity contribution in [1.82, 2.24) is 0 Å². The van der Waals surface area contributed by atoms with Gasteiger partial charge in [0.1, 0.15) is 0 Å². The molecule has 31 heavy (non-hydrogen) atoms. The van der Waals surface area contributed by atoms with E-state index in [9.17, 15) is 14.4 Å². The second-order valence-corrected chi connectivity index (χ2v) is 7.38. The maximum atomic E-state index is 13.0. The summed E-state index contributed by atoms with van der Waals surface area (Å²) in [5.74, 6) is -1.19. The molecule has 1 amide bonds. The van der Waals surface area contributed by atoms with Crippen LogP contribution in [0.4, 0.5) is 5.69 Å². The van der Waals surface area contributed by atoms with E-state index in [1.165, 1.54) is 0 Å². The van der Waals surface area contributed by atoms with Gasteiger partial charge in [-0.25, -0.2) is 0 Å². The van der Waals surface area contributed by atoms with E-state index in [4.69, 9.17) is 4.74 Å². The molecular weight excluding hydrogens is 390 g/mol. The monoisotopic (exact) mass is 415 g/mol. The number of rotatable bonds is 8. The molecule has 0 aliphatic heterocycles. The summed E-state index contributed by atoms with van der Waals surface area (Å²) < 4.78 is 5.53. The van der Waals surface area contributed by atoms with Crippen LogP contribution in [-0.2, 0) is 14.3 Å². The highest BCUT2D eigenvalue weighted by Crippen LogP contribution is 2.23. The van der Waals surface area contributed by atoms with Gasteiger partial charge in [0.05, 0.1) is 6.42 Å². The van der Waals surface area contributed by atoms with E-state index in [-0.39, 0.29) is 24.5 Å². The number of amides is 1. The Hall–Kier alpha value is -3.73. The zero-order valence-electron chi connectivity index (χ0n) is 17.6. The first-order valence-electron chi connectivity index (χ1n) is 10.1. The molecule has 0 aliphatic carbocycles. The minimum absolute atomic E-state index is 0.0345. The first-order chi connectivity index (χ1) is 14.9. The number of anilines is 1. The Morgan fingerprint density at radius 3 is 2.16 bits per heavy atom. The normalized spacial score (nSPS) is 11.4. The summed E-state index contributed by atoms with van der Waals surface area (Å²) in [5.41, 5.74) is 3.74. The van der Waals surface area contributed by atoms with Crippen LogP contribution < -0.4 is 5.32 Å². The predicted molar refractivity (Wildman–Crippen MR) is 120 cm³/mol. The van der Waals surface area contributed by atoms with Crippen LogP contribution in [0.25, 0.3) is 0 Å². The Morgan fingerprint density at radius 1 is 0.839 bits per heavy atom. The Kier molecular flexibility index (Phi) is 7.33. The fourth-order valence-corrected chi connectivity index (χ4v) is 3.14. The Bertz CT molecular complexity index is 1060. The number of esters is 1. The van der Waals surface area contributed by atoms with Crippen molar-refractivity contribution in [3.63, 3.8) is 0 Å². The summed E-state index contributed by atoms with van der Waals surface area (Å²) in [6, 6.07) is 23.4. The Morgan fingerprint density at radius 2 is 1.48 bits per heavy atom. The molecule has 0 heterocycles. The molecule has 0 saturated heterocycles. The fourth-order valence-electron chi connectivity index (χ4n) is 3.14. The van der Waals surface area contributed by atoms with Gasteiger partial charge in [-0.3, -0.25) is 14.4 Å². The zero-order chi connectivity index (χ0) is 22.2. The topological polar surface area (TPSA) is 72.5 Å². The molecule has 3 rings (SSSR count). The van der Waals surface area contributed by atoms with Crippen molar-refractivity contribution in [2.24, 2.45) is 0 Å². The summed E-state index contributed by atoms with van der Waals surface area (Å²) >= 11 is 0. The third-order valence-corrected chi connectivity index (χ3v) is 4.87. The van der Waals surface area contributed by atoms with Gasteiger partial charge in [0.2, 0.25) is 11.7 Å². The SMILES string of the molecule is Cc1ccc(C)c(NC(=O)CCC(=O)O[C@@H](C(=O)c2ccccc2)c2ccccc2)c1. The van der Waals surface area contributed by atoms with Crippen LogP contribution >= 0.6 is 0 Å². The number of ketones is 1. The van der Waals surface area contributed by atoms with E-state index < -0.39 is 12.1 Å². The molecule has 5 heteroatoms. The lowest BCUT2D eigenvalue weighted by atomic mass is 10.00. The summed E-state index contributed by atoms with van der Waals surface area (Å²) in [7, 11) is 0. The lowest BCUT2D eigenvalue weighted by Gasteiger charge is -2.17. The third-order valence-electron chi connectivity index (χ3n) is 4.87. The van der Waals surface area contributed by atoms with Crippen molar-refractivity contribution >= 4 is 23.3 Å². The number of hydrogen-bond acceptors (Lipinski definition) is 4. The number of ether oxygens (including phenoxy) is 1. The van der Waals surface area contributed by atoms with Gasteiger partial charge < -0.3 is 10.1 Å². The largest absolute Gasteiger partial charge is 0.449 e. The maximum absolute atomic E-state index is 13.0. The minimum Gasteiger partial charge on any atom is -0.449 e. The molecule has 0 unspecified atom stereocenters. The van der Waals surface area contributed by atoms with E-state index in [1.807, 2.05) is 44.2 Å². The lowest BCUT2D eigenvalue weighted by Crippen LogP contribution is -2.21. The molecule has 0 aromatic heterocycles. The Labute approximate surface area is 182 Å². The van der Waals surface area contributed by atoms with Gasteiger partial charge >= 0.3 is 5.97 Å². The molecule has 1 atom stereocenters. The van der Waals surface area contributed by atoms with Crippen molar-refractivity contribution in [3.05, 3.63) is 101 Å². The number of carbonyl (C=O) groups is 3. The first kappa shape index (κ1) is 22.0. The van der Waals surface area contributed by atoms with Crippen LogP contribution in [0.1, 0.15) is 46.0 Å². The van der Waals surface area contributed by atoms with Gasteiger partial charge in [-0.05, 0) is 31.0 Å². The highest BCUT2D eigenvalue weighted by atomic mass is 16.5. The van der Waals surface area contributed by atoms with Crippen LogP contribution in [0.2, 0.25) is 0 Å². The average molecular weight is 415 g/mol. The van der Waals surface area contributed by atoms with Crippen molar-refractivity contribution in [3.8, 4) is 0 Å². The smallest absolute Gasteiger partial charge is 0.307 e. The number of hydrogen-bond donors (Lipinski definition) is 1. The molecule has 0 aliphatic rings. The van der Waals surface area contributed by atoms with Crippen molar-refractivity contribution < 1.29 is 19.1 Å². The molecule has 0 spiro atoms. The van der Waals surface area contributed by atoms with Crippen LogP contribution in [-0.4, -0.2) is 17.7 Å². The molecule has 3 aromatic rings. The van der Waals surface area contributed by atoms with E-state index in [2.05, 4.69) is 5.32 Å². The van der Waals surface area contributed by atoms with E-state index >= 15 is 0 Å². The quantitative estimate of drug-likeness (QED) is 0.406. The molecule has 1 N–H and O–H groups in total. The summed E-state index contributed by atoms with van der Waals surface area (Å²) in [6.45, 7) is 3.85. The van der Waals surface area contributed by atoms with Gasteiger partial charge in [-0.15, -0.1) is 0 Å². The average Bonchev–Trinajstić information content (AvgIpc) is 2.79. The predicted octanol–water partition coefficient (Wildman–Crippen LogP) is 5.19. The molecule has 0 fully saturated rings. The number of Topliss-reactive ketones (excluding diaryl/α,β-unsaturated/α-hetero) is 1. The maximum Gasteiger partial charge on any atom is 0.307 e. The van der Waals surface area contributed by atoms with Gasteiger partial charge in [0.25, 0.3) is 0 Å². The zero-order valence-corrected chi connectivity index (χ0v) is 17.6. The van der Waals surface area contributed by atoms with Crippen molar-refractivity contribution in [1.29, 1.82) is 0 Å². The standard InChI is InChI=1S/C26H25NO4/c1-18-13-14-19(2)22(17-18)27-23(28)15-16-24(29)31-26(21-11-7-4-8-12-21)25(30)20-9-5-3-6-10-20/h3-14,17,26H,15-16H2,1-2H3,(H,27,28)/t26-/m1/s1. The van der Waals surface area contributed by atoms with Gasteiger partial charge in [-0.2, -0.15) is 0 Å². The van der Waals surface area contributed by atoms with E-state index in [0.29, 0.717) is 11.1 Å². The Balaban J connectivity index is 1.64. The molecule has 0 saturated carbocycles. The molecule has 5 nitrogen and oxygen atoms in total. The lowest BCUT2D eigenvalue weighted by molar-refractivity contribution is -0.148. The highest BCUT2D eigenvalue weighted by Gasteiger charge is 2.26. The highest BCUT2D eigenvalue weighted by molar-refractivity contribution is 6.01. The molecule has 0 radical (unpaired) electrons. The summed E-state index contributed by atoms with van der Waals surface area (Å²) in [5, 5.41) is 2.83. The van der Waals surface area contributed by atoms with Crippen molar-refractivity contribution in [2.75, 3.05) is 5.32 Å². The molecule has 158 valence electrons. The molecular formula is C26H25NO4. The first-order valence-corrected chi connectivity index (χ1v) is 10.1. The third kappa shape index (κ3) is 6.12. The summed E-state index contributed by atoms with van der Waals surface area (Å²) in [6.07, 6.45) is -1.21.